The second kappa shape index (κ2) is 7.58. The highest BCUT2D eigenvalue weighted by molar-refractivity contribution is 5.82. The average molecular weight is 403 g/mol. The van der Waals surface area contributed by atoms with Crippen LogP contribution in [0.5, 0.6) is 0 Å². The Morgan fingerprint density at radius 1 is 1.10 bits per heavy atom. The summed E-state index contributed by atoms with van der Waals surface area (Å²) >= 11 is 0. The topological polar surface area (TPSA) is 84.6 Å². The Morgan fingerprint density at radius 3 is 2.13 bits per heavy atom. The maximum Gasteiger partial charge on any atom is 0.223 e. The van der Waals surface area contributed by atoms with Crippen LogP contribution >= 0.6 is 0 Å². The van der Waals surface area contributed by atoms with Gasteiger partial charge >= 0.3 is 0 Å². The fraction of sp³-hybridized carbons (Fsp3) is 0.375. The number of likely N-dealkylation sites (tertiary alicyclic amines) is 2. The Labute approximate surface area is 176 Å². The molecule has 1 N–H and O–H groups in total. The summed E-state index contributed by atoms with van der Waals surface area (Å²) in [6, 6.07) is 17.5. The zero-order valence-electron chi connectivity index (χ0n) is 17.2. The van der Waals surface area contributed by atoms with Crippen LogP contribution in [-0.2, 0) is 9.59 Å². The molecule has 2 saturated heterocycles. The predicted octanol–water partition coefficient (Wildman–Crippen LogP) is 2.52. The molecule has 4 rings (SSSR count). The molecule has 6 nitrogen and oxygen atoms in total. The number of carbonyl (C=O) groups is 2. The molecule has 30 heavy (non-hydrogen) atoms. The summed E-state index contributed by atoms with van der Waals surface area (Å²) in [5.74, 6) is 0.0122. The van der Waals surface area contributed by atoms with Gasteiger partial charge < -0.3 is 14.9 Å². The lowest BCUT2D eigenvalue weighted by Gasteiger charge is -2.70. The highest BCUT2D eigenvalue weighted by Crippen LogP contribution is 2.54. The molecule has 0 radical (unpaired) electrons. The van der Waals surface area contributed by atoms with E-state index in [0.29, 0.717) is 25.1 Å². The Morgan fingerprint density at radius 2 is 1.67 bits per heavy atom. The van der Waals surface area contributed by atoms with Gasteiger partial charge in [0.15, 0.2) is 0 Å². The highest BCUT2D eigenvalue weighted by atomic mass is 16.3. The van der Waals surface area contributed by atoms with Gasteiger partial charge in [0.2, 0.25) is 11.8 Å². The van der Waals surface area contributed by atoms with Crippen LogP contribution in [0.4, 0.5) is 0 Å². The predicted molar refractivity (Wildman–Crippen MR) is 112 cm³/mol. The first-order chi connectivity index (χ1) is 14.4. The van der Waals surface area contributed by atoms with Crippen LogP contribution < -0.4 is 0 Å². The van der Waals surface area contributed by atoms with Gasteiger partial charge in [0, 0.05) is 32.4 Å². The summed E-state index contributed by atoms with van der Waals surface area (Å²) in [7, 11) is 0. The van der Waals surface area contributed by atoms with Crippen LogP contribution in [0.2, 0.25) is 0 Å². The van der Waals surface area contributed by atoms with Gasteiger partial charge in [-0.3, -0.25) is 9.59 Å². The van der Waals surface area contributed by atoms with E-state index in [2.05, 4.69) is 6.07 Å². The normalized spacial score (nSPS) is 21.5. The molecule has 1 spiro atoms. The van der Waals surface area contributed by atoms with Crippen LogP contribution in [0, 0.1) is 11.3 Å². The van der Waals surface area contributed by atoms with E-state index in [9.17, 15) is 14.7 Å². The van der Waals surface area contributed by atoms with Crippen molar-refractivity contribution in [2.75, 3.05) is 19.7 Å². The smallest absolute Gasteiger partial charge is 0.223 e. The zero-order chi connectivity index (χ0) is 21.5. The molecule has 0 unspecified atom stereocenters. The molecule has 2 fully saturated rings. The molecular weight excluding hydrogens is 378 g/mol. The maximum atomic E-state index is 12.6. The molecule has 0 bridgehead atoms. The molecule has 2 amide bonds. The van der Waals surface area contributed by atoms with Crippen molar-refractivity contribution < 1.29 is 14.7 Å². The average Bonchev–Trinajstić information content (AvgIpc) is 2.72. The first-order valence-corrected chi connectivity index (χ1v) is 10.2. The number of hydrogen-bond donors (Lipinski definition) is 1. The first kappa shape index (κ1) is 20.1. The molecule has 2 aromatic carbocycles. The largest absolute Gasteiger partial charge is 0.394 e. The summed E-state index contributed by atoms with van der Waals surface area (Å²) in [4.78, 5) is 28.0. The second-order valence-electron chi connectivity index (χ2n) is 8.13. The number of aliphatic hydroxyl groups is 1. The lowest BCUT2D eigenvalue weighted by Crippen LogP contribution is -2.85. The van der Waals surface area contributed by atoms with Crippen molar-refractivity contribution in [3.8, 4) is 17.2 Å². The number of rotatable bonds is 4. The Hall–Kier alpha value is -3.17. The van der Waals surface area contributed by atoms with E-state index in [1.165, 1.54) is 0 Å². The Kier molecular flexibility index (Phi) is 5.08. The fourth-order valence-corrected chi connectivity index (χ4v) is 5.03. The number of hydrogen-bond acceptors (Lipinski definition) is 4. The minimum atomic E-state index is -0.428. The molecule has 6 heteroatoms. The summed E-state index contributed by atoms with van der Waals surface area (Å²) in [5, 5.41) is 19.0. The number of aliphatic hydroxyl groups excluding tert-OH is 1. The maximum absolute atomic E-state index is 12.6. The van der Waals surface area contributed by atoms with Crippen molar-refractivity contribution in [3.63, 3.8) is 0 Å². The fourth-order valence-electron chi connectivity index (χ4n) is 5.03. The summed E-state index contributed by atoms with van der Waals surface area (Å²) in [6.07, 6.45) is 0.378. The van der Waals surface area contributed by atoms with Gasteiger partial charge in [0.1, 0.15) is 0 Å². The van der Waals surface area contributed by atoms with Gasteiger partial charge in [-0.05, 0) is 28.8 Å². The molecule has 2 atom stereocenters. The Bertz CT molecular complexity index is 1000. The molecule has 0 aromatic heterocycles. The van der Waals surface area contributed by atoms with Crippen molar-refractivity contribution in [3.05, 3.63) is 59.7 Å². The molecule has 2 heterocycles. The van der Waals surface area contributed by atoms with Crippen molar-refractivity contribution >= 4 is 11.8 Å². The van der Waals surface area contributed by atoms with Gasteiger partial charge in [-0.1, -0.05) is 43.3 Å². The van der Waals surface area contributed by atoms with E-state index < -0.39 is 5.54 Å². The van der Waals surface area contributed by atoms with E-state index in [-0.39, 0.29) is 30.4 Å². The highest BCUT2D eigenvalue weighted by Gasteiger charge is 2.67. The molecule has 2 aliphatic rings. The standard InChI is InChI=1S/C24H25N3O3/c1-3-22(30)27-21(13-28)23(24(27)14-26(15-24)16(2)29)20-10-8-19(9-11-20)18-6-4-17(12-25)5-7-18/h4-11,21,23,28H,3,13-15H2,1-2H3/t21-,23+/m0/s1. The molecule has 154 valence electrons. The van der Waals surface area contributed by atoms with Crippen LogP contribution in [0.1, 0.15) is 37.3 Å². The van der Waals surface area contributed by atoms with E-state index in [0.717, 1.165) is 16.7 Å². The van der Waals surface area contributed by atoms with E-state index in [1.807, 2.05) is 48.2 Å². The SMILES string of the molecule is CCC(=O)N1[C@@H](CO)[C@@H](c2ccc(-c3ccc(C#N)cc3)cc2)C12CN(C(C)=O)C2. The number of nitrogens with zero attached hydrogens (tertiary/aromatic N) is 3. The lowest BCUT2D eigenvalue weighted by atomic mass is 9.60. The zero-order valence-corrected chi connectivity index (χ0v) is 17.2. The molecule has 0 saturated carbocycles. The number of carbonyl (C=O) groups excluding carboxylic acids is 2. The van der Waals surface area contributed by atoms with Gasteiger partial charge in [0.25, 0.3) is 0 Å². The van der Waals surface area contributed by atoms with Crippen molar-refractivity contribution in [2.24, 2.45) is 0 Å². The third-order valence-electron chi connectivity index (χ3n) is 6.53. The van der Waals surface area contributed by atoms with Crippen LogP contribution in [-0.4, -0.2) is 58.0 Å². The van der Waals surface area contributed by atoms with Crippen molar-refractivity contribution in [2.45, 2.75) is 37.8 Å². The van der Waals surface area contributed by atoms with Gasteiger partial charge in [0.05, 0.1) is 29.8 Å². The Balaban J connectivity index is 1.63. The van der Waals surface area contributed by atoms with Gasteiger partial charge in [-0.2, -0.15) is 5.26 Å². The minimum absolute atomic E-state index is 0.00637. The summed E-state index contributed by atoms with van der Waals surface area (Å²) < 4.78 is 0. The molecular formula is C24H25N3O3. The monoisotopic (exact) mass is 403 g/mol. The summed E-state index contributed by atoms with van der Waals surface area (Å²) in [6.45, 7) is 4.28. The van der Waals surface area contributed by atoms with E-state index in [1.54, 1.807) is 24.0 Å². The molecule has 2 aromatic rings. The third-order valence-corrected chi connectivity index (χ3v) is 6.53. The lowest BCUT2D eigenvalue weighted by molar-refractivity contribution is -0.202. The van der Waals surface area contributed by atoms with Gasteiger partial charge in [-0.25, -0.2) is 0 Å². The molecule has 2 aliphatic heterocycles. The van der Waals surface area contributed by atoms with E-state index in [4.69, 9.17) is 5.26 Å². The number of benzene rings is 2. The van der Waals surface area contributed by atoms with Crippen molar-refractivity contribution in [1.82, 2.24) is 9.80 Å². The van der Waals surface area contributed by atoms with E-state index >= 15 is 0 Å². The van der Waals surface area contributed by atoms with Crippen molar-refractivity contribution in [1.29, 1.82) is 5.26 Å². The first-order valence-electron chi connectivity index (χ1n) is 10.2. The minimum Gasteiger partial charge on any atom is -0.394 e. The number of nitriles is 1. The number of amides is 2. The summed E-state index contributed by atoms with van der Waals surface area (Å²) in [5.41, 5.74) is 3.32. The van der Waals surface area contributed by atoms with Crippen LogP contribution in [0.15, 0.2) is 48.5 Å². The van der Waals surface area contributed by atoms with Crippen LogP contribution in [0.25, 0.3) is 11.1 Å². The van der Waals surface area contributed by atoms with Crippen LogP contribution in [0.3, 0.4) is 0 Å². The molecule has 0 aliphatic carbocycles. The van der Waals surface area contributed by atoms with Gasteiger partial charge in [-0.15, -0.1) is 0 Å². The quantitative estimate of drug-likeness (QED) is 0.850. The third kappa shape index (κ3) is 2.98. The second-order valence-corrected chi connectivity index (χ2v) is 8.13.